The molecule has 26 heavy (non-hydrogen) atoms. The van der Waals surface area contributed by atoms with E-state index in [0.717, 1.165) is 21.6 Å². The van der Waals surface area contributed by atoms with Crippen LogP contribution in [0.15, 0.2) is 54.6 Å². The van der Waals surface area contributed by atoms with Crippen LogP contribution in [0.25, 0.3) is 11.1 Å². The van der Waals surface area contributed by atoms with Crippen molar-refractivity contribution in [3.63, 3.8) is 0 Å². The number of carboxylic acid groups (broad SMARTS) is 1. The zero-order valence-corrected chi connectivity index (χ0v) is 15.0. The second-order valence-electron chi connectivity index (χ2n) is 6.43. The van der Waals surface area contributed by atoms with Crippen LogP contribution in [-0.2, 0) is 4.79 Å². The lowest BCUT2D eigenvalue weighted by Gasteiger charge is -2.24. The van der Waals surface area contributed by atoms with Gasteiger partial charge >= 0.3 is 5.97 Å². The van der Waals surface area contributed by atoms with E-state index in [2.05, 4.69) is 5.32 Å². The molecule has 0 spiro atoms. The second-order valence-corrected chi connectivity index (χ2v) is 7.48. The van der Waals surface area contributed by atoms with Gasteiger partial charge in [-0.15, -0.1) is 11.3 Å². The lowest BCUT2D eigenvalue weighted by molar-refractivity contribution is -0.116. The van der Waals surface area contributed by atoms with E-state index in [1.54, 1.807) is 0 Å². The Morgan fingerprint density at radius 1 is 1.12 bits per heavy atom. The van der Waals surface area contributed by atoms with Crippen LogP contribution in [0.1, 0.15) is 38.0 Å². The Hall–Kier alpha value is -2.92. The van der Waals surface area contributed by atoms with E-state index in [0.29, 0.717) is 17.7 Å². The van der Waals surface area contributed by atoms with E-state index < -0.39 is 5.97 Å². The van der Waals surface area contributed by atoms with Gasteiger partial charge in [-0.25, -0.2) is 4.79 Å². The Morgan fingerprint density at radius 2 is 1.81 bits per heavy atom. The van der Waals surface area contributed by atoms with E-state index in [-0.39, 0.29) is 16.7 Å². The monoisotopic (exact) mass is 363 g/mol. The number of rotatable bonds is 3. The third-order valence-electron chi connectivity index (χ3n) is 4.64. The van der Waals surface area contributed by atoms with Crippen molar-refractivity contribution in [2.45, 2.75) is 19.3 Å². The van der Waals surface area contributed by atoms with E-state index in [9.17, 15) is 14.7 Å². The standard InChI is InChI=1S/C21H17NO3S/c1-12-7-9-13(10-8-12)15-11-16(23)22-18-17(14-5-3-2-4-6-14)20(21(24)25)26-19(15)18/h2-10,15H,11H2,1H3,(H,22,23)(H,24,25)/t15-/m1/s1. The van der Waals surface area contributed by atoms with E-state index in [1.165, 1.54) is 11.3 Å². The molecule has 1 atom stereocenters. The summed E-state index contributed by atoms with van der Waals surface area (Å²) >= 11 is 1.26. The number of anilines is 1. The predicted octanol–water partition coefficient (Wildman–Crippen LogP) is 4.90. The highest BCUT2D eigenvalue weighted by Crippen LogP contribution is 2.49. The van der Waals surface area contributed by atoms with Gasteiger partial charge in [0.05, 0.1) is 5.69 Å². The molecule has 0 fully saturated rings. The molecule has 130 valence electrons. The van der Waals surface area contributed by atoms with Crippen LogP contribution in [0.2, 0.25) is 0 Å². The summed E-state index contributed by atoms with van der Waals surface area (Å²) < 4.78 is 0. The highest BCUT2D eigenvalue weighted by molar-refractivity contribution is 7.15. The van der Waals surface area contributed by atoms with Gasteiger partial charge in [0.15, 0.2) is 0 Å². The molecule has 1 aliphatic rings. The first-order valence-corrected chi connectivity index (χ1v) is 9.18. The summed E-state index contributed by atoms with van der Waals surface area (Å²) in [5.74, 6) is -1.19. The number of carbonyl (C=O) groups is 2. The zero-order valence-electron chi connectivity index (χ0n) is 14.2. The van der Waals surface area contributed by atoms with Gasteiger partial charge in [0.2, 0.25) is 5.91 Å². The van der Waals surface area contributed by atoms with Crippen LogP contribution in [0.3, 0.4) is 0 Å². The van der Waals surface area contributed by atoms with Crippen LogP contribution in [0.5, 0.6) is 0 Å². The predicted molar refractivity (Wildman–Crippen MR) is 103 cm³/mol. The van der Waals surface area contributed by atoms with Gasteiger partial charge in [-0.3, -0.25) is 4.79 Å². The fraction of sp³-hybridized carbons (Fsp3) is 0.143. The topological polar surface area (TPSA) is 66.4 Å². The number of hydrogen-bond donors (Lipinski definition) is 2. The fourth-order valence-electron chi connectivity index (χ4n) is 3.39. The van der Waals surface area contributed by atoms with Gasteiger partial charge in [-0.2, -0.15) is 0 Å². The first-order valence-electron chi connectivity index (χ1n) is 8.36. The average molecular weight is 363 g/mol. The minimum atomic E-state index is -0.972. The van der Waals surface area contributed by atoms with Crippen LogP contribution >= 0.6 is 11.3 Å². The molecule has 0 bridgehead atoms. The molecule has 2 aromatic carbocycles. The molecule has 0 saturated carbocycles. The Kier molecular flexibility index (Phi) is 4.09. The number of carboxylic acids is 1. The van der Waals surface area contributed by atoms with E-state index >= 15 is 0 Å². The minimum absolute atomic E-state index is 0.0880. The van der Waals surface area contributed by atoms with Crippen molar-refractivity contribution in [1.29, 1.82) is 0 Å². The third-order valence-corrected chi connectivity index (χ3v) is 5.93. The molecule has 1 aliphatic heterocycles. The molecule has 0 radical (unpaired) electrons. The number of hydrogen-bond acceptors (Lipinski definition) is 3. The van der Waals surface area contributed by atoms with Crippen LogP contribution in [0, 0.1) is 6.92 Å². The fourth-order valence-corrected chi connectivity index (χ4v) is 4.63. The van der Waals surface area contributed by atoms with E-state index in [1.807, 2.05) is 61.5 Å². The van der Waals surface area contributed by atoms with Crippen molar-refractivity contribution in [2.24, 2.45) is 0 Å². The quantitative estimate of drug-likeness (QED) is 0.696. The van der Waals surface area contributed by atoms with Gasteiger partial charge < -0.3 is 10.4 Å². The van der Waals surface area contributed by atoms with Crippen LogP contribution in [0.4, 0.5) is 5.69 Å². The molecule has 1 aromatic heterocycles. The smallest absolute Gasteiger partial charge is 0.346 e. The molecule has 4 nitrogen and oxygen atoms in total. The lowest BCUT2D eigenvalue weighted by Crippen LogP contribution is -2.22. The molecule has 0 saturated heterocycles. The van der Waals surface area contributed by atoms with Crippen molar-refractivity contribution in [3.05, 3.63) is 75.5 Å². The summed E-state index contributed by atoms with van der Waals surface area (Å²) in [6, 6.07) is 17.4. The molecule has 0 aliphatic carbocycles. The first-order chi connectivity index (χ1) is 12.5. The number of aryl methyl sites for hydroxylation is 1. The van der Waals surface area contributed by atoms with Crippen molar-refractivity contribution in [3.8, 4) is 11.1 Å². The van der Waals surface area contributed by atoms with Crippen LogP contribution in [-0.4, -0.2) is 17.0 Å². The molecule has 2 N–H and O–H groups in total. The maximum atomic E-state index is 12.4. The Labute approximate surface area is 155 Å². The summed E-state index contributed by atoms with van der Waals surface area (Å²) in [6.45, 7) is 2.02. The summed E-state index contributed by atoms with van der Waals surface area (Å²) in [5, 5.41) is 12.7. The summed E-state index contributed by atoms with van der Waals surface area (Å²) in [4.78, 5) is 25.4. The number of fused-ring (bicyclic) bond motifs is 1. The van der Waals surface area contributed by atoms with Gasteiger partial charge in [-0.05, 0) is 18.1 Å². The highest BCUT2D eigenvalue weighted by atomic mass is 32.1. The van der Waals surface area contributed by atoms with E-state index in [4.69, 9.17) is 0 Å². The molecule has 4 rings (SSSR count). The number of aromatic carboxylic acids is 1. The number of thiophene rings is 1. The second kappa shape index (κ2) is 6.42. The molecular formula is C21H17NO3S. The number of carbonyl (C=O) groups excluding carboxylic acids is 1. The first kappa shape index (κ1) is 16.5. The Bertz CT molecular complexity index is 990. The Balaban J connectivity index is 1.93. The number of amides is 1. The highest BCUT2D eigenvalue weighted by Gasteiger charge is 2.34. The molecule has 2 heterocycles. The average Bonchev–Trinajstić information content (AvgIpc) is 3.02. The third kappa shape index (κ3) is 2.80. The van der Waals surface area contributed by atoms with Gasteiger partial charge in [0.25, 0.3) is 0 Å². The largest absolute Gasteiger partial charge is 0.477 e. The molecule has 1 amide bonds. The SMILES string of the molecule is Cc1ccc([C@H]2CC(=O)Nc3c2sc(C(=O)O)c3-c2ccccc2)cc1. The molecule has 5 heteroatoms. The van der Waals surface area contributed by atoms with Gasteiger partial charge in [0.1, 0.15) is 4.88 Å². The van der Waals surface area contributed by atoms with Crippen molar-refractivity contribution >= 4 is 28.9 Å². The van der Waals surface area contributed by atoms with Crippen molar-refractivity contribution in [2.75, 3.05) is 5.32 Å². The van der Waals surface area contributed by atoms with Gasteiger partial charge in [-0.1, -0.05) is 60.2 Å². The van der Waals surface area contributed by atoms with Crippen LogP contribution < -0.4 is 5.32 Å². The maximum absolute atomic E-state index is 12.4. The zero-order chi connectivity index (χ0) is 18.3. The summed E-state index contributed by atoms with van der Waals surface area (Å²) in [5.41, 5.74) is 4.22. The molecule has 3 aromatic rings. The summed E-state index contributed by atoms with van der Waals surface area (Å²) in [6.07, 6.45) is 0.323. The number of benzene rings is 2. The van der Waals surface area contributed by atoms with Crippen molar-refractivity contribution < 1.29 is 14.7 Å². The normalized spacial score (nSPS) is 16.0. The number of nitrogens with one attached hydrogen (secondary N) is 1. The molecular weight excluding hydrogens is 346 g/mol. The minimum Gasteiger partial charge on any atom is -0.477 e. The Morgan fingerprint density at radius 3 is 2.46 bits per heavy atom. The lowest BCUT2D eigenvalue weighted by atomic mass is 9.88. The maximum Gasteiger partial charge on any atom is 0.346 e. The summed E-state index contributed by atoms with van der Waals surface area (Å²) in [7, 11) is 0. The van der Waals surface area contributed by atoms with Crippen molar-refractivity contribution in [1.82, 2.24) is 0 Å². The molecule has 0 unspecified atom stereocenters. The van der Waals surface area contributed by atoms with Gasteiger partial charge in [0, 0.05) is 22.8 Å².